The van der Waals surface area contributed by atoms with E-state index in [-0.39, 0.29) is 11.7 Å². The maximum atomic E-state index is 13.5. The quantitative estimate of drug-likeness (QED) is 0.344. The molecule has 1 amide bonds. The van der Waals surface area contributed by atoms with E-state index in [1.165, 1.54) is 12.1 Å². The van der Waals surface area contributed by atoms with Crippen molar-refractivity contribution in [3.05, 3.63) is 94.8 Å². The third-order valence-corrected chi connectivity index (χ3v) is 5.65. The normalized spacial score (nSPS) is 10.9. The van der Waals surface area contributed by atoms with Crippen LogP contribution in [0.3, 0.4) is 0 Å². The zero-order valence-corrected chi connectivity index (χ0v) is 19.8. The van der Waals surface area contributed by atoms with Gasteiger partial charge in [0, 0.05) is 44.6 Å². The summed E-state index contributed by atoms with van der Waals surface area (Å²) in [5, 5.41) is 10.5. The molecular formula is C26H28FN7O. The second kappa shape index (κ2) is 10.9. The largest absolute Gasteiger partial charge is 0.369 e. The van der Waals surface area contributed by atoms with Crippen LogP contribution in [0.2, 0.25) is 0 Å². The number of carbonyl (C=O) groups is 1. The van der Waals surface area contributed by atoms with Crippen LogP contribution < -0.4 is 16.4 Å². The molecule has 0 bridgehead atoms. The molecule has 0 fully saturated rings. The van der Waals surface area contributed by atoms with Crippen LogP contribution in [-0.2, 0) is 26.6 Å². The highest BCUT2D eigenvalue weighted by Gasteiger charge is 2.18. The molecule has 35 heavy (non-hydrogen) atoms. The lowest BCUT2D eigenvalue weighted by Gasteiger charge is -2.15. The maximum absolute atomic E-state index is 13.5. The van der Waals surface area contributed by atoms with E-state index >= 15 is 0 Å². The molecule has 3 heterocycles. The fraction of sp³-hybridized carbons (Fsp3) is 0.231. The number of halogens is 1. The predicted octanol–water partition coefficient (Wildman–Crippen LogP) is 3.37. The van der Waals surface area contributed by atoms with E-state index in [0.29, 0.717) is 37.4 Å². The molecular weight excluding hydrogens is 445 g/mol. The van der Waals surface area contributed by atoms with E-state index in [4.69, 9.17) is 10.7 Å². The summed E-state index contributed by atoms with van der Waals surface area (Å²) in [6.45, 7) is 2.98. The molecule has 0 spiro atoms. The second-order valence-corrected chi connectivity index (χ2v) is 8.26. The van der Waals surface area contributed by atoms with Crippen molar-refractivity contribution in [2.45, 2.75) is 26.4 Å². The third-order valence-electron chi connectivity index (χ3n) is 5.65. The number of hydrogen-bond donors (Lipinski definition) is 3. The molecule has 1 aromatic carbocycles. The van der Waals surface area contributed by atoms with Crippen LogP contribution in [0.15, 0.2) is 61.1 Å². The highest BCUT2D eigenvalue weighted by molar-refractivity contribution is 5.99. The van der Waals surface area contributed by atoms with Gasteiger partial charge in [0.25, 0.3) is 5.91 Å². The average molecular weight is 474 g/mol. The van der Waals surface area contributed by atoms with Crippen molar-refractivity contribution in [2.75, 3.05) is 11.9 Å². The minimum absolute atomic E-state index is 0.265. The molecule has 180 valence electrons. The smallest absolute Gasteiger partial charge is 0.255 e. The lowest BCUT2D eigenvalue weighted by Crippen LogP contribution is -2.26. The van der Waals surface area contributed by atoms with Crippen LogP contribution >= 0.6 is 0 Å². The monoisotopic (exact) mass is 473 g/mol. The minimum atomic E-state index is -0.276. The Bertz CT molecular complexity index is 1340. The Balaban J connectivity index is 1.58. The van der Waals surface area contributed by atoms with Crippen LogP contribution in [0, 0.1) is 12.7 Å². The van der Waals surface area contributed by atoms with Gasteiger partial charge in [0.1, 0.15) is 11.6 Å². The number of aromatic nitrogens is 4. The number of anilines is 1. The van der Waals surface area contributed by atoms with Crippen LogP contribution in [0.5, 0.6) is 0 Å². The topological polar surface area (TPSA) is 111 Å². The Morgan fingerprint density at radius 3 is 2.80 bits per heavy atom. The lowest BCUT2D eigenvalue weighted by molar-refractivity contribution is 0.0951. The summed E-state index contributed by atoms with van der Waals surface area (Å²) in [4.78, 5) is 22.3. The van der Waals surface area contributed by atoms with E-state index in [2.05, 4.69) is 20.7 Å². The van der Waals surface area contributed by atoms with Crippen LogP contribution in [0.4, 0.5) is 10.2 Å². The first kappa shape index (κ1) is 24.0. The van der Waals surface area contributed by atoms with Crippen molar-refractivity contribution < 1.29 is 9.18 Å². The fourth-order valence-corrected chi connectivity index (χ4v) is 3.86. The van der Waals surface area contributed by atoms with Gasteiger partial charge in [-0.05, 0) is 54.3 Å². The summed E-state index contributed by atoms with van der Waals surface area (Å²) in [5.41, 5.74) is 11.1. The molecule has 8 nitrogen and oxygen atoms in total. The standard InChI is InChI=1S/C26H28FN7O/c1-17-11-22(26(35)31-14-19-6-4-9-29-23(19)13-28)25(33-24(17)20-15-32-34(2)16-20)30-10-8-18-5-3-7-21(27)12-18/h3-7,9,11-12,15-16H,8,10,13-14,28H2,1-2H3,(H,30,33)(H,31,35). The molecule has 0 atom stereocenters. The number of rotatable bonds is 9. The summed E-state index contributed by atoms with van der Waals surface area (Å²) >= 11 is 0. The number of aryl methyl sites for hydroxylation is 2. The molecule has 0 aliphatic carbocycles. The summed E-state index contributed by atoms with van der Waals surface area (Å²) < 4.78 is 15.3. The van der Waals surface area contributed by atoms with Crippen LogP contribution in [0.25, 0.3) is 11.3 Å². The first-order valence-electron chi connectivity index (χ1n) is 11.3. The zero-order valence-electron chi connectivity index (χ0n) is 19.8. The highest BCUT2D eigenvalue weighted by atomic mass is 19.1. The molecule has 4 N–H and O–H groups in total. The number of carbonyl (C=O) groups excluding carboxylic acids is 1. The molecule has 0 aliphatic heterocycles. The Morgan fingerprint density at radius 1 is 1.20 bits per heavy atom. The van der Waals surface area contributed by atoms with E-state index in [1.54, 1.807) is 23.1 Å². The van der Waals surface area contributed by atoms with Gasteiger partial charge >= 0.3 is 0 Å². The van der Waals surface area contributed by atoms with Gasteiger partial charge in [-0.25, -0.2) is 9.37 Å². The van der Waals surface area contributed by atoms with Crippen molar-refractivity contribution in [2.24, 2.45) is 12.8 Å². The second-order valence-electron chi connectivity index (χ2n) is 8.26. The number of amides is 1. The van der Waals surface area contributed by atoms with Gasteiger partial charge in [0.05, 0.1) is 23.1 Å². The molecule has 0 radical (unpaired) electrons. The first-order valence-corrected chi connectivity index (χ1v) is 11.3. The third kappa shape index (κ3) is 5.88. The summed E-state index contributed by atoms with van der Waals surface area (Å²) in [6, 6.07) is 12.0. The lowest BCUT2D eigenvalue weighted by atomic mass is 10.1. The number of nitrogens with one attached hydrogen (secondary N) is 2. The fourth-order valence-electron chi connectivity index (χ4n) is 3.86. The van der Waals surface area contributed by atoms with Crippen molar-refractivity contribution in [3.8, 4) is 11.3 Å². The summed E-state index contributed by atoms with van der Waals surface area (Å²) in [7, 11) is 1.84. The highest BCUT2D eigenvalue weighted by Crippen LogP contribution is 2.26. The molecule has 4 rings (SSSR count). The molecule has 0 saturated carbocycles. The molecule has 9 heteroatoms. The van der Waals surface area contributed by atoms with E-state index in [0.717, 1.165) is 33.6 Å². The van der Waals surface area contributed by atoms with Gasteiger partial charge in [0.15, 0.2) is 0 Å². The Labute approximate surface area is 203 Å². The van der Waals surface area contributed by atoms with Crippen molar-refractivity contribution in [1.82, 2.24) is 25.1 Å². The Kier molecular flexibility index (Phi) is 7.47. The SMILES string of the molecule is Cc1cc(C(=O)NCc2cccnc2CN)c(NCCc2cccc(F)c2)nc1-c1cnn(C)c1. The zero-order chi connectivity index (χ0) is 24.8. The summed E-state index contributed by atoms with van der Waals surface area (Å²) in [6.07, 6.45) is 5.87. The maximum Gasteiger partial charge on any atom is 0.255 e. The van der Waals surface area contributed by atoms with E-state index < -0.39 is 0 Å². The predicted molar refractivity (Wildman–Crippen MR) is 133 cm³/mol. The number of pyridine rings is 2. The Hall–Kier alpha value is -4.11. The van der Waals surface area contributed by atoms with E-state index in [1.807, 2.05) is 44.4 Å². The van der Waals surface area contributed by atoms with Crippen molar-refractivity contribution in [1.29, 1.82) is 0 Å². The van der Waals surface area contributed by atoms with Gasteiger partial charge in [-0.15, -0.1) is 0 Å². The summed E-state index contributed by atoms with van der Waals surface area (Å²) in [5.74, 6) is -0.0888. The van der Waals surface area contributed by atoms with Gasteiger partial charge in [0.2, 0.25) is 0 Å². The van der Waals surface area contributed by atoms with Gasteiger partial charge < -0.3 is 16.4 Å². The number of hydrogen-bond acceptors (Lipinski definition) is 6. The Morgan fingerprint density at radius 2 is 2.06 bits per heavy atom. The number of benzene rings is 1. The van der Waals surface area contributed by atoms with Gasteiger partial charge in [-0.2, -0.15) is 5.10 Å². The molecule has 3 aromatic heterocycles. The van der Waals surface area contributed by atoms with Crippen molar-refractivity contribution >= 4 is 11.7 Å². The molecule has 4 aromatic rings. The van der Waals surface area contributed by atoms with E-state index in [9.17, 15) is 9.18 Å². The van der Waals surface area contributed by atoms with Gasteiger partial charge in [-0.1, -0.05) is 18.2 Å². The van der Waals surface area contributed by atoms with Gasteiger partial charge in [-0.3, -0.25) is 14.5 Å². The molecule has 0 unspecified atom stereocenters. The molecule has 0 saturated heterocycles. The number of nitrogens with two attached hydrogens (primary N) is 1. The minimum Gasteiger partial charge on any atom is -0.369 e. The van der Waals surface area contributed by atoms with Crippen LogP contribution in [0.1, 0.15) is 32.7 Å². The first-order chi connectivity index (χ1) is 16.9. The molecule has 0 aliphatic rings. The van der Waals surface area contributed by atoms with Crippen molar-refractivity contribution in [3.63, 3.8) is 0 Å². The van der Waals surface area contributed by atoms with Crippen LogP contribution in [-0.4, -0.2) is 32.2 Å². The average Bonchev–Trinajstić information content (AvgIpc) is 3.29. The number of nitrogens with zero attached hydrogens (tertiary/aromatic N) is 4.